The van der Waals surface area contributed by atoms with Crippen LogP contribution in [0.15, 0.2) is 56.1 Å². The molecule has 2 aromatic heterocycles. The maximum Gasteiger partial charge on any atom is 0.425 e. The Morgan fingerprint density at radius 2 is 1.81 bits per heavy atom. The lowest BCUT2D eigenvalue weighted by atomic mass is 10.1. The zero-order chi connectivity index (χ0) is 23.4. The van der Waals surface area contributed by atoms with Gasteiger partial charge in [0.1, 0.15) is 5.69 Å². The van der Waals surface area contributed by atoms with Crippen LogP contribution in [0.4, 0.5) is 10.5 Å². The van der Waals surface area contributed by atoms with Crippen LogP contribution >= 0.6 is 59.4 Å². The predicted molar refractivity (Wildman–Crippen MR) is 129 cm³/mol. The van der Waals surface area contributed by atoms with Gasteiger partial charge in [0.05, 0.1) is 23.4 Å². The highest BCUT2D eigenvalue weighted by molar-refractivity contribution is 9.11. The molecule has 0 aliphatic rings. The molecule has 32 heavy (non-hydrogen) atoms. The fourth-order valence-corrected chi connectivity index (χ4v) is 4.58. The lowest BCUT2D eigenvalue weighted by Gasteiger charge is -2.15. The quantitative estimate of drug-likeness (QED) is 0.342. The molecule has 166 valence electrons. The molecule has 0 unspecified atom stereocenters. The van der Waals surface area contributed by atoms with E-state index in [0.717, 1.165) is 7.11 Å². The normalized spacial score (nSPS) is 10.4. The van der Waals surface area contributed by atoms with E-state index in [2.05, 4.69) is 73.7 Å². The van der Waals surface area contributed by atoms with Crippen LogP contribution in [-0.4, -0.2) is 34.6 Å². The molecule has 2 heterocycles. The van der Waals surface area contributed by atoms with Gasteiger partial charge in [-0.1, -0.05) is 27.5 Å². The Morgan fingerprint density at radius 3 is 2.50 bits per heavy atom. The SMILES string of the molecule is COC(=O)NNC(=O)c1cc(Br)cc(Br)c1NC(=O)c1cc(Br)cn1-c1ncccc1Cl. The van der Waals surface area contributed by atoms with Crippen LogP contribution in [-0.2, 0) is 4.74 Å². The first-order valence-corrected chi connectivity index (χ1v) is 11.4. The standard InChI is InChI=1S/C19H13Br3ClN5O4/c1-32-19(31)27-26-17(29)11-5-9(20)6-12(22)15(11)25-18(30)14-7-10(21)8-28(14)16-13(23)3-2-4-24-16/h2-8H,1H3,(H,25,30)(H,26,29)(H,27,31). The minimum absolute atomic E-state index is 0.0732. The second-order valence-electron chi connectivity index (χ2n) is 6.06. The Morgan fingerprint density at radius 1 is 1.06 bits per heavy atom. The highest BCUT2D eigenvalue weighted by Crippen LogP contribution is 2.32. The number of rotatable bonds is 4. The summed E-state index contributed by atoms with van der Waals surface area (Å²) in [6.45, 7) is 0. The van der Waals surface area contributed by atoms with E-state index < -0.39 is 17.9 Å². The summed E-state index contributed by atoms with van der Waals surface area (Å²) in [5.41, 5.74) is 4.76. The van der Waals surface area contributed by atoms with Gasteiger partial charge in [-0.05, 0) is 62.2 Å². The molecule has 0 saturated carbocycles. The molecule has 0 saturated heterocycles. The summed E-state index contributed by atoms with van der Waals surface area (Å²) >= 11 is 16.3. The van der Waals surface area contributed by atoms with E-state index in [1.54, 1.807) is 36.7 Å². The smallest absolute Gasteiger partial charge is 0.425 e. The van der Waals surface area contributed by atoms with E-state index >= 15 is 0 Å². The van der Waals surface area contributed by atoms with Gasteiger partial charge in [-0.2, -0.15) is 0 Å². The molecule has 0 spiro atoms. The van der Waals surface area contributed by atoms with Crippen LogP contribution < -0.4 is 16.2 Å². The van der Waals surface area contributed by atoms with Crippen LogP contribution in [0.3, 0.4) is 0 Å². The van der Waals surface area contributed by atoms with Crippen molar-refractivity contribution in [3.05, 3.63) is 72.4 Å². The zero-order valence-electron chi connectivity index (χ0n) is 16.1. The number of hydrazine groups is 1. The molecule has 0 fully saturated rings. The number of nitrogens with one attached hydrogen (secondary N) is 3. The van der Waals surface area contributed by atoms with Crippen molar-refractivity contribution in [3.8, 4) is 5.82 Å². The summed E-state index contributed by atoms with van der Waals surface area (Å²) < 4.78 is 7.57. The number of anilines is 1. The largest absolute Gasteiger partial charge is 0.452 e. The fraction of sp³-hybridized carbons (Fsp3) is 0.0526. The summed E-state index contributed by atoms with van der Waals surface area (Å²) in [6, 6.07) is 8.06. The number of pyridine rings is 1. The minimum Gasteiger partial charge on any atom is -0.452 e. The summed E-state index contributed by atoms with van der Waals surface area (Å²) in [5.74, 6) is -0.854. The van der Waals surface area contributed by atoms with E-state index in [9.17, 15) is 14.4 Å². The van der Waals surface area contributed by atoms with Crippen molar-refractivity contribution in [2.75, 3.05) is 12.4 Å². The second-order valence-corrected chi connectivity index (χ2v) is 9.15. The van der Waals surface area contributed by atoms with Crippen LogP contribution in [0, 0.1) is 0 Å². The van der Waals surface area contributed by atoms with Crippen LogP contribution in [0.2, 0.25) is 5.02 Å². The molecule has 3 N–H and O–H groups in total. The number of hydrogen-bond donors (Lipinski definition) is 3. The Labute approximate surface area is 212 Å². The maximum absolute atomic E-state index is 13.2. The van der Waals surface area contributed by atoms with E-state index in [1.165, 1.54) is 10.6 Å². The van der Waals surface area contributed by atoms with Crippen molar-refractivity contribution in [2.45, 2.75) is 0 Å². The highest BCUT2D eigenvalue weighted by atomic mass is 79.9. The van der Waals surface area contributed by atoms with Crippen molar-refractivity contribution in [2.24, 2.45) is 0 Å². The van der Waals surface area contributed by atoms with E-state index in [-0.39, 0.29) is 16.9 Å². The highest BCUT2D eigenvalue weighted by Gasteiger charge is 2.22. The third-order valence-corrected chi connectivity index (χ3v) is 5.80. The lowest BCUT2D eigenvalue weighted by molar-refractivity contribution is 0.0921. The number of halogens is 4. The number of nitrogens with zero attached hydrogens (tertiary/aromatic N) is 2. The van der Waals surface area contributed by atoms with Crippen molar-refractivity contribution < 1.29 is 19.1 Å². The average molecular weight is 651 g/mol. The van der Waals surface area contributed by atoms with Gasteiger partial charge in [0.25, 0.3) is 11.8 Å². The Bertz CT molecular complexity index is 1220. The molecular weight excluding hydrogens is 637 g/mol. The van der Waals surface area contributed by atoms with Crippen LogP contribution in [0.1, 0.15) is 20.8 Å². The molecule has 13 heteroatoms. The number of methoxy groups -OCH3 is 1. The van der Waals surface area contributed by atoms with Gasteiger partial charge in [0.2, 0.25) is 0 Å². The number of aromatic nitrogens is 2. The van der Waals surface area contributed by atoms with E-state index in [0.29, 0.717) is 24.3 Å². The molecule has 3 aromatic rings. The maximum atomic E-state index is 13.2. The number of carbonyl (C=O) groups is 3. The van der Waals surface area contributed by atoms with Crippen LogP contribution in [0.25, 0.3) is 5.82 Å². The topological polar surface area (TPSA) is 114 Å². The Hall–Kier alpha value is -2.41. The molecule has 3 rings (SSSR count). The van der Waals surface area contributed by atoms with Crippen molar-refractivity contribution in [1.29, 1.82) is 0 Å². The number of carbonyl (C=O) groups excluding carboxylic acids is 3. The Balaban J connectivity index is 1.96. The van der Waals surface area contributed by atoms with Gasteiger partial charge in [-0.15, -0.1) is 0 Å². The number of hydrogen-bond acceptors (Lipinski definition) is 5. The van der Waals surface area contributed by atoms with Crippen LogP contribution in [0.5, 0.6) is 0 Å². The first kappa shape index (κ1) is 24.2. The van der Waals surface area contributed by atoms with Crippen molar-refractivity contribution in [1.82, 2.24) is 20.4 Å². The minimum atomic E-state index is -0.854. The first-order valence-electron chi connectivity index (χ1n) is 8.64. The van der Waals surface area contributed by atoms with Gasteiger partial charge in [-0.3, -0.25) is 19.6 Å². The zero-order valence-corrected chi connectivity index (χ0v) is 21.6. The molecule has 9 nitrogen and oxygen atoms in total. The number of amides is 3. The van der Waals surface area contributed by atoms with Gasteiger partial charge in [0.15, 0.2) is 5.82 Å². The van der Waals surface area contributed by atoms with Gasteiger partial charge in [0, 0.05) is 25.8 Å². The summed E-state index contributed by atoms with van der Waals surface area (Å²) in [7, 11) is 1.16. The average Bonchev–Trinajstić information content (AvgIpc) is 3.15. The monoisotopic (exact) mass is 647 g/mol. The molecular formula is C19H13Br3ClN5O4. The summed E-state index contributed by atoms with van der Waals surface area (Å²) in [5, 5.41) is 3.07. The molecule has 0 atom stereocenters. The molecule has 0 bridgehead atoms. The fourth-order valence-electron chi connectivity index (χ4n) is 2.62. The van der Waals surface area contributed by atoms with Gasteiger partial charge in [-0.25, -0.2) is 15.2 Å². The molecule has 1 aromatic carbocycles. The van der Waals surface area contributed by atoms with E-state index in [4.69, 9.17) is 11.6 Å². The number of benzene rings is 1. The van der Waals surface area contributed by atoms with Gasteiger partial charge < -0.3 is 10.1 Å². The van der Waals surface area contributed by atoms with E-state index in [1.807, 2.05) is 0 Å². The molecule has 0 radical (unpaired) electrons. The number of ether oxygens (including phenoxy) is 1. The third-order valence-electron chi connectivity index (χ3n) is 3.99. The third kappa shape index (κ3) is 5.49. The van der Waals surface area contributed by atoms with Gasteiger partial charge >= 0.3 is 6.09 Å². The first-order chi connectivity index (χ1) is 15.2. The summed E-state index contributed by atoms with van der Waals surface area (Å²) in [4.78, 5) is 41.3. The molecule has 0 aliphatic heterocycles. The molecule has 0 aliphatic carbocycles. The Kier molecular flexibility index (Phi) is 7.93. The van der Waals surface area contributed by atoms with Crippen molar-refractivity contribution in [3.63, 3.8) is 0 Å². The molecule has 3 amide bonds. The second kappa shape index (κ2) is 10.5. The lowest BCUT2D eigenvalue weighted by Crippen LogP contribution is -2.41. The summed E-state index contributed by atoms with van der Waals surface area (Å²) in [6.07, 6.45) is 2.35. The van der Waals surface area contributed by atoms with Crippen molar-refractivity contribution >= 4 is 83.0 Å². The predicted octanol–water partition coefficient (Wildman–Crippen LogP) is 5.07.